The number of halogens is 1. The zero-order valence-corrected chi connectivity index (χ0v) is 15.7. The number of hydrogen-bond acceptors (Lipinski definition) is 8. The Morgan fingerprint density at radius 3 is 2.64 bits per heavy atom. The van der Waals surface area contributed by atoms with Gasteiger partial charge >= 0.3 is 0 Å². The molecule has 28 heavy (non-hydrogen) atoms. The summed E-state index contributed by atoms with van der Waals surface area (Å²) in [5.41, 5.74) is 3.60. The van der Waals surface area contributed by atoms with Gasteiger partial charge in [0.15, 0.2) is 0 Å². The molecule has 144 valence electrons. The summed E-state index contributed by atoms with van der Waals surface area (Å²) in [6.07, 6.45) is 9.78. The number of carbonyl (C=O) groups excluding carboxylic acids is 1. The average Bonchev–Trinajstić information content (AvgIpc) is 3.22. The Morgan fingerprint density at radius 2 is 2.04 bits per heavy atom. The van der Waals surface area contributed by atoms with Crippen LogP contribution >= 0.6 is 11.3 Å². The summed E-state index contributed by atoms with van der Waals surface area (Å²) in [4.78, 5) is 28.1. The maximum absolute atomic E-state index is 14.2. The van der Waals surface area contributed by atoms with Crippen LogP contribution in [0.15, 0.2) is 42.3 Å². The van der Waals surface area contributed by atoms with Crippen LogP contribution in [-0.2, 0) is 10.2 Å². The van der Waals surface area contributed by atoms with Crippen LogP contribution in [0.3, 0.4) is 0 Å². The van der Waals surface area contributed by atoms with Gasteiger partial charge in [-0.15, -0.1) is 11.3 Å². The molecule has 0 saturated heterocycles. The number of amides is 1. The van der Waals surface area contributed by atoms with Gasteiger partial charge in [0.2, 0.25) is 17.5 Å². The number of thiazole rings is 1. The fourth-order valence-electron chi connectivity index (χ4n) is 3.20. The van der Waals surface area contributed by atoms with Crippen LogP contribution in [0.1, 0.15) is 25.0 Å². The van der Waals surface area contributed by atoms with Gasteiger partial charge in [-0.1, -0.05) is 6.42 Å². The van der Waals surface area contributed by atoms with Gasteiger partial charge in [-0.05, 0) is 25.0 Å². The molecule has 0 bridgehead atoms. The normalized spacial score (nSPS) is 14.8. The van der Waals surface area contributed by atoms with Crippen molar-refractivity contribution in [3.63, 3.8) is 0 Å². The highest BCUT2D eigenvalue weighted by Gasteiger charge is 2.41. The number of rotatable bonds is 8. The molecule has 0 radical (unpaired) electrons. The predicted molar refractivity (Wildman–Crippen MR) is 105 cm³/mol. The Balaban J connectivity index is 1.41. The van der Waals surface area contributed by atoms with Crippen LogP contribution < -0.4 is 15.8 Å². The number of nitrogens with zero attached hydrogens (tertiary/aromatic N) is 5. The lowest BCUT2D eigenvalue weighted by molar-refractivity contribution is -0.107. The molecular formula is C18H18FN7OS. The van der Waals surface area contributed by atoms with Gasteiger partial charge in [0.05, 0.1) is 23.8 Å². The third kappa shape index (κ3) is 3.63. The molecule has 8 nitrogen and oxygen atoms in total. The SMILES string of the molecule is O=CN(Nc1cnc(NCC2(c3ncccc3F)CCC2)nc1)c1nccs1. The Morgan fingerprint density at radius 1 is 1.21 bits per heavy atom. The quantitative estimate of drug-likeness (QED) is 0.444. The van der Waals surface area contributed by atoms with E-state index in [4.69, 9.17) is 0 Å². The topological polar surface area (TPSA) is 95.9 Å². The summed E-state index contributed by atoms with van der Waals surface area (Å²) in [6.45, 7) is 0.507. The second kappa shape index (κ2) is 7.85. The van der Waals surface area contributed by atoms with Gasteiger partial charge in [0, 0.05) is 29.7 Å². The Kier molecular flexibility index (Phi) is 5.11. The highest BCUT2D eigenvalue weighted by Crippen LogP contribution is 2.43. The monoisotopic (exact) mass is 399 g/mol. The van der Waals surface area contributed by atoms with Crippen molar-refractivity contribution in [3.8, 4) is 0 Å². The van der Waals surface area contributed by atoms with Gasteiger partial charge in [-0.25, -0.2) is 19.3 Å². The molecule has 4 rings (SSSR count). The molecule has 10 heteroatoms. The van der Waals surface area contributed by atoms with E-state index in [-0.39, 0.29) is 11.2 Å². The van der Waals surface area contributed by atoms with E-state index in [0.29, 0.717) is 35.4 Å². The second-order valence-electron chi connectivity index (χ2n) is 6.52. The fraction of sp³-hybridized carbons (Fsp3) is 0.278. The lowest BCUT2D eigenvalue weighted by atomic mass is 9.66. The Bertz CT molecular complexity index is 931. The van der Waals surface area contributed by atoms with Crippen LogP contribution in [0.2, 0.25) is 0 Å². The standard InChI is InChI=1S/C18H18FN7OS/c19-14-3-1-6-20-15(14)18(4-2-5-18)11-24-16-22-9-13(10-23-16)25-26(12-27)17-21-7-8-28-17/h1,3,6-10,12,25H,2,4-5,11H2,(H,22,23,24). The van der Waals surface area contributed by atoms with Crippen molar-refractivity contribution in [2.24, 2.45) is 0 Å². The molecule has 1 fully saturated rings. The van der Waals surface area contributed by atoms with E-state index < -0.39 is 0 Å². The highest BCUT2D eigenvalue weighted by atomic mass is 32.1. The largest absolute Gasteiger partial charge is 0.353 e. The first-order valence-corrected chi connectivity index (χ1v) is 9.66. The predicted octanol–water partition coefficient (Wildman–Crippen LogP) is 2.99. The molecule has 0 unspecified atom stereocenters. The number of pyridine rings is 1. The van der Waals surface area contributed by atoms with Crippen LogP contribution in [0.25, 0.3) is 0 Å². The van der Waals surface area contributed by atoms with Crippen LogP contribution in [0.4, 0.5) is 21.2 Å². The first-order chi connectivity index (χ1) is 13.7. The van der Waals surface area contributed by atoms with Crippen LogP contribution in [0, 0.1) is 5.82 Å². The van der Waals surface area contributed by atoms with E-state index >= 15 is 0 Å². The van der Waals surface area contributed by atoms with Gasteiger partial charge in [-0.3, -0.25) is 15.2 Å². The molecule has 1 aliphatic carbocycles. The van der Waals surface area contributed by atoms with Gasteiger partial charge in [0.25, 0.3) is 0 Å². The third-order valence-corrected chi connectivity index (χ3v) is 5.56. The van der Waals surface area contributed by atoms with Gasteiger partial charge < -0.3 is 5.32 Å². The Labute approximate surface area is 164 Å². The molecule has 3 aromatic rings. The first kappa shape index (κ1) is 18.2. The van der Waals surface area contributed by atoms with E-state index in [2.05, 4.69) is 30.7 Å². The minimum atomic E-state index is -0.329. The first-order valence-electron chi connectivity index (χ1n) is 8.78. The van der Waals surface area contributed by atoms with Crippen molar-refractivity contribution in [1.29, 1.82) is 0 Å². The summed E-state index contributed by atoms with van der Waals surface area (Å²) in [7, 11) is 0. The fourth-order valence-corrected chi connectivity index (χ4v) is 3.76. The molecule has 0 aliphatic heterocycles. The number of anilines is 3. The lowest BCUT2D eigenvalue weighted by Crippen LogP contribution is -2.42. The molecule has 2 N–H and O–H groups in total. The molecule has 1 aliphatic rings. The van der Waals surface area contributed by atoms with E-state index in [1.165, 1.54) is 22.4 Å². The number of hydrazine groups is 1. The number of aromatic nitrogens is 4. The van der Waals surface area contributed by atoms with E-state index in [9.17, 15) is 9.18 Å². The second-order valence-corrected chi connectivity index (χ2v) is 7.39. The average molecular weight is 399 g/mol. The molecule has 3 aromatic heterocycles. The summed E-state index contributed by atoms with van der Waals surface area (Å²) < 4.78 is 14.2. The number of nitrogens with one attached hydrogen (secondary N) is 2. The molecule has 0 spiro atoms. The number of carbonyl (C=O) groups is 1. The van der Waals surface area contributed by atoms with Crippen LogP contribution in [-0.4, -0.2) is 32.9 Å². The molecule has 1 saturated carbocycles. The minimum Gasteiger partial charge on any atom is -0.353 e. The van der Waals surface area contributed by atoms with Crippen molar-refractivity contribution in [2.45, 2.75) is 24.7 Å². The molecule has 1 amide bonds. The molecule has 0 atom stereocenters. The molecular weight excluding hydrogens is 381 g/mol. The summed E-state index contributed by atoms with van der Waals surface area (Å²) >= 11 is 1.33. The summed E-state index contributed by atoms with van der Waals surface area (Å²) in [5.74, 6) is 0.153. The van der Waals surface area contributed by atoms with Crippen molar-refractivity contribution < 1.29 is 9.18 Å². The maximum atomic E-state index is 14.2. The lowest BCUT2D eigenvalue weighted by Gasteiger charge is -2.41. The molecule has 3 heterocycles. The van der Waals surface area contributed by atoms with Crippen molar-refractivity contribution in [1.82, 2.24) is 19.9 Å². The highest BCUT2D eigenvalue weighted by molar-refractivity contribution is 7.13. The maximum Gasteiger partial charge on any atom is 0.234 e. The van der Waals surface area contributed by atoms with E-state index in [1.807, 2.05) is 0 Å². The smallest absolute Gasteiger partial charge is 0.234 e. The zero-order valence-electron chi connectivity index (χ0n) is 14.9. The van der Waals surface area contributed by atoms with E-state index in [1.54, 1.807) is 36.2 Å². The zero-order chi connectivity index (χ0) is 19.4. The van der Waals surface area contributed by atoms with Crippen molar-refractivity contribution >= 4 is 34.5 Å². The van der Waals surface area contributed by atoms with E-state index in [0.717, 1.165) is 19.3 Å². The number of hydrogen-bond donors (Lipinski definition) is 2. The summed E-state index contributed by atoms with van der Waals surface area (Å²) in [5, 5.41) is 6.73. The summed E-state index contributed by atoms with van der Waals surface area (Å²) in [6, 6.07) is 3.04. The van der Waals surface area contributed by atoms with Crippen LogP contribution in [0.5, 0.6) is 0 Å². The van der Waals surface area contributed by atoms with Gasteiger partial charge in [0.1, 0.15) is 5.82 Å². The van der Waals surface area contributed by atoms with Crippen molar-refractivity contribution in [2.75, 3.05) is 22.3 Å². The van der Waals surface area contributed by atoms with Gasteiger partial charge in [-0.2, -0.15) is 5.01 Å². The van der Waals surface area contributed by atoms with Crippen molar-refractivity contribution in [3.05, 3.63) is 53.8 Å². The Hall–Kier alpha value is -3.14. The minimum absolute atomic E-state index is 0.277. The third-order valence-electron chi connectivity index (χ3n) is 4.79. The molecule has 0 aromatic carbocycles.